The molecule has 1 aromatic heterocycles. The number of nitrogens with zero attached hydrogens (tertiary/aromatic N) is 3. The van der Waals surface area contributed by atoms with Crippen LogP contribution in [0.4, 0.5) is 5.82 Å². The van der Waals surface area contributed by atoms with E-state index in [1.54, 1.807) is 16.7 Å². The average Bonchev–Trinajstić information content (AvgIpc) is 3.14. The molecule has 0 aliphatic heterocycles. The molecule has 0 aliphatic rings. The maximum atomic E-state index is 13.0. The normalized spacial score (nSPS) is 11.9. The van der Waals surface area contributed by atoms with Crippen LogP contribution in [0.2, 0.25) is 0 Å². The lowest BCUT2D eigenvalue weighted by Crippen LogP contribution is -2.40. The fraction of sp³-hybridized carbons (Fsp3) is 0.577. The second kappa shape index (κ2) is 10.9. The van der Waals surface area contributed by atoms with E-state index in [4.69, 9.17) is 9.84 Å². The Balaban J connectivity index is 2.28. The molecule has 0 radical (unpaired) electrons. The van der Waals surface area contributed by atoms with Gasteiger partial charge in [-0.05, 0) is 36.1 Å². The Hall–Kier alpha value is -2.83. The summed E-state index contributed by atoms with van der Waals surface area (Å²) in [6.07, 6.45) is 2.23. The SMILES string of the molecule is CCCCN(CC(=O)Nc1cc(C(C)(C)C)nn1-c1ccc(OC)cc1)C(=O)CC(C)(C)C. The molecule has 0 atom stereocenters. The molecular weight excluding hydrogens is 416 g/mol. The summed E-state index contributed by atoms with van der Waals surface area (Å²) >= 11 is 0. The third-order valence-corrected chi connectivity index (χ3v) is 5.21. The van der Waals surface area contributed by atoms with Crippen LogP contribution in [0.3, 0.4) is 0 Å². The fourth-order valence-corrected chi connectivity index (χ4v) is 3.32. The summed E-state index contributed by atoms with van der Waals surface area (Å²) < 4.78 is 6.98. The van der Waals surface area contributed by atoms with Crippen molar-refractivity contribution in [3.63, 3.8) is 0 Å². The number of rotatable bonds is 9. The summed E-state index contributed by atoms with van der Waals surface area (Å²) in [5.41, 5.74) is 1.35. The summed E-state index contributed by atoms with van der Waals surface area (Å²) in [6, 6.07) is 9.41. The molecule has 2 rings (SSSR count). The van der Waals surface area contributed by atoms with Crippen LogP contribution in [0.1, 0.15) is 73.4 Å². The van der Waals surface area contributed by atoms with Crippen molar-refractivity contribution in [3.8, 4) is 11.4 Å². The van der Waals surface area contributed by atoms with Gasteiger partial charge in [-0.25, -0.2) is 4.68 Å². The maximum Gasteiger partial charge on any atom is 0.245 e. The lowest BCUT2D eigenvalue weighted by Gasteiger charge is -2.26. The number of anilines is 1. The molecule has 7 heteroatoms. The summed E-state index contributed by atoms with van der Waals surface area (Å²) in [5.74, 6) is 1.10. The quantitative estimate of drug-likeness (QED) is 0.564. The third kappa shape index (κ3) is 7.91. The van der Waals surface area contributed by atoms with Crippen molar-refractivity contribution >= 4 is 17.6 Å². The Bertz CT molecular complexity index is 934. The maximum absolute atomic E-state index is 13.0. The summed E-state index contributed by atoms with van der Waals surface area (Å²) in [4.78, 5) is 27.6. The Labute approximate surface area is 198 Å². The molecule has 33 heavy (non-hydrogen) atoms. The van der Waals surface area contributed by atoms with Gasteiger partial charge in [-0.1, -0.05) is 54.9 Å². The smallest absolute Gasteiger partial charge is 0.245 e. The van der Waals surface area contributed by atoms with Gasteiger partial charge in [0.25, 0.3) is 0 Å². The molecule has 1 N–H and O–H groups in total. The molecule has 0 saturated heterocycles. The number of amides is 2. The van der Waals surface area contributed by atoms with Gasteiger partial charge in [0.1, 0.15) is 11.6 Å². The van der Waals surface area contributed by atoms with E-state index in [1.165, 1.54) is 0 Å². The van der Waals surface area contributed by atoms with Crippen molar-refractivity contribution in [2.75, 3.05) is 25.5 Å². The van der Waals surface area contributed by atoms with Crippen LogP contribution < -0.4 is 10.1 Å². The third-order valence-electron chi connectivity index (χ3n) is 5.21. The summed E-state index contributed by atoms with van der Waals surface area (Å²) in [7, 11) is 1.62. The van der Waals surface area contributed by atoms with Gasteiger partial charge in [-0.3, -0.25) is 9.59 Å². The van der Waals surface area contributed by atoms with E-state index in [0.29, 0.717) is 18.8 Å². The van der Waals surface area contributed by atoms with Crippen LogP contribution in [-0.4, -0.2) is 46.7 Å². The zero-order chi connectivity index (χ0) is 24.8. The predicted molar refractivity (Wildman–Crippen MR) is 133 cm³/mol. The second-order valence-corrected chi connectivity index (χ2v) is 10.7. The highest BCUT2D eigenvalue weighted by atomic mass is 16.5. The summed E-state index contributed by atoms with van der Waals surface area (Å²) in [6.45, 7) is 15.0. The number of ether oxygens (including phenoxy) is 1. The standard InChI is InChI=1S/C26H40N4O3/c1-9-10-15-29(24(32)17-25(2,3)4)18-23(31)27-22-16-21(26(5,6)7)28-30(22)19-11-13-20(33-8)14-12-19/h11-14,16H,9-10,15,17-18H2,1-8H3,(H,27,31). The second-order valence-electron chi connectivity index (χ2n) is 10.7. The molecule has 7 nitrogen and oxygen atoms in total. The van der Waals surface area contributed by atoms with Gasteiger partial charge < -0.3 is 15.0 Å². The van der Waals surface area contributed by atoms with E-state index >= 15 is 0 Å². The predicted octanol–water partition coefficient (Wildman–Crippen LogP) is 5.18. The minimum absolute atomic E-state index is 0.00476. The molecule has 2 aromatic rings. The molecule has 0 unspecified atom stereocenters. The van der Waals surface area contributed by atoms with Crippen LogP contribution in [0, 0.1) is 5.41 Å². The highest BCUT2D eigenvalue weighted by molar-refractivity contribution is 5.94. The van der Waals surface area contributed by atoms with E-state index < -0.39 is 0 Å². The van der Waals surface area contributed by atoms with Gasteiger partial charge in [-0.15, -0.1) is 0 Å². The number of carbonyl (C=O) groups excluding carboxylic acids is 2. The number of benzene rings is 1. The average molecular weight is 457 g/mol. The Morgan fingerprint density at radius 1 is 1.09 bits per heavy atom. The molecule has 1 aromatic carbocycles. The lowest BCUT2D eigenvalue weighted by molar-refractivity contribution is -0.136. The van der Waals surface area contributed by atoms with Gasteiger partial charge in [0.15, 0.2) is 0 Å². The number of unbranched alkanes of at least 4 members (excludes halogenated alkanes) is 1. The first kappa shape index (κ1) is 26.4. The monoisotopic (exact) mass is 456 g/mol. The van der Waals surface area contributed by atoms with Crippen molar-refractivity contribution in [2.45, 2.75) is 73.1 Å². The molecular formula is C26H40N4O3. The van der Waals surface area contributed by atoms with E-state index in [1.807, 2.05) is 51.1 Å². The van der Waals surface area contributed by atoms with Gasteiger partial charge in [0.2, 0.25) is 11.8 Å². The van der Waals surface area contributed by atoms with Gasteiger partial charge >= 0.3 is 0 Å². The molecule has 0 saturated carbocycles. The molecule has 182 valence electrons. The van der Waals surface area contributed by atoms with E-state index in [-0.39, 0.29) is 29.2 Å². The van der Waals surface area contributed by atoms with Crippen LogP contribution in [0.25, 0.3) is 5.69 Å². The van der Waals surface area contributed by atoms with E-state index in [0.717, 1.165) is 30.0 Å². The van der Waals surface area contributed by atoms with Crippen LogP contribution in [0.15, 0.2) is 30.3 Å². The van der Waals surface area contributed by atoms with Gasteiger partial charge in [0, 0.05) is 24.4 Å². The molecule has 2 amide bonds. The van der Waals surface area contributed by atoms with Crippen molar-refractivity contribution in [1.82, 2.24) is 14.7 Å². The number of hydrogen-bond acceptors (Lipinski definition) is 4. The number of aromatic nitrogens is 2. The van der Waals surface area contributed by atoms with Crippen LogP contribution in [-0.2, 0) is 15.0 Å². The Kier molecular flexibility index (Phi) is 8.69. The first-order chi connectivity index (χ1) is 15.3. The summed E-state index contributed by atoms with van der Waals surface area (Å²) in [5, 5.41) is 7.74. The zero-order valence-electron chi connectivity index (χ0n) is 21.5. The van der Waals surface area contributed by atoms with Crippen LogP contribution in [0.5, 0.6) is 5.75 Å². The number of hydrogen-bond donors (Lipinski definition) is 1. The van der Waals surface area contributed by atoms with Crippen molar-refractivity contribution in [2.24, 2.45) is 5.41 Å². The number of methoxy groups -OCH3 is 1. The van der Waals surface area contributed by atoms with Crippen molar-refractivity contribution in [1.29, 1.82) is 0 Å². The van der Waals surface area contributed by atoms with Gasteiger partial charge in [-0.2, -0.15) is 5.10 Å². The minimum atomic E-state index is -0.233. The topological polar surface area (TPSA) is 76.5 Å². The number of nitrogens with one attached hydrogen (secondary N) is 1. The molecule has 0 spiro atoms. The minimum Gasteiger partial charge on any atom is -0.497 e. The lowest BCUT2D eigenvalue weighted by atomic mass is 9.91. The van der Waals surface area contributed by atoms with E-state index in [9.17, 15) is 9.59 Å². The highest BCUT2D eigenvalue weighted by Gasteiger charge is 2.25. The van der Waals surface area contributed by atoms with E-state index in [2.05, 4.69) is 33.0 Å². The van der Waals surface area contributed by atoms with Crippen molar-refractivity contribution < 1.29 is 14.3 Å². The van der Waals surface area contributed by atoms with Crippen molar-refractivity contribution in [3.05, 3.63) is 36.0 Å². The number of carbonyl (C=O) groups is 2. The Morgan fingerprint density at radius 2 is 1.73 bits per heavy atom. The Morgan fingerprint density at radius 3 is 2.24 bits per heavy atom. The first-order valence-corrected chi connectivity index (χ1v) is 11.7. The molecule has 0 bridgehead atoms. The molecule has 0 fully saturated rings. The largest absolute Gasteiger partial charge is 0.497 e. The fourth-order valence-electron chi connectivity index (χ4n) is 3.32. The van der Waals surface area contributed by atoms with Crippen LogP contribution >= 0.6 is 0 Å². The highest BCUT2D eigenvalue weighted by Crippen LogP contribution is 2.27. The molecule has 1 heterocycles. The molecule has 0 aliphatic carbocycles. The van der Waals surface area contributed by atoms with Gasteiger partial charge in [0.05, 0.1) is 25.0 Å². The first-order valence-electron chi connectivity index (χ1n) is 11.7. The zero-order valence-corrected chi connectivity index (χ0v) is 21.5.